The molecule has 1 fully saturated rings. The van der Waals surface area contributed by atoms with E-state index in [4.69, 9.17) is 16.3 Å². The Morgan fingerprint density at radius 2 is 2.35 bits per heavy atom. The maximum atomic E-state index is 12.2. The SMILES string of the molecule is CCn1ccnc1/C=C/C(=O)NC1CCN(c2cc(Cl)ccc2OC)C1. The minimum atomic E-state index is -0.111. The van der Waals surface area contributed by atoms with Crippen molar-refractivity contribution in [2.24, 2.45) is 0 Å². The lowest BCUT2D eigenvalue weighted by Crippen LogP contribution is -2.36. The molecule has 3 rings (SSSR count). The van der Waals surface area contributed by atoms with E-state index in [0.29, 0.717) is 5.02 Å². The Kier molecular flexibility index (Phi) is 5.83. The number of benzene rings is 1. The van der Waals surface area contributed by atoms with Gasteiger partial charge in [-0.1, -0.05) is 11.6 Å². The van der Waals surface area contributed by atoms with Crippen LogP contribution in [0.3, 0.4) is 0 Å². The number of hydrogen-bond donors (Lipinski definition) is 1. The van der Waals surface area contributed by atoms with Crippen LogP contribution in [0.25, 0.3) is 6.08 Å². The van der Waals surface area contributed by atoms with Gasteiger partial charge in [0.1, 0.15) is 11.6 Å². The number of carbonyl (C=O) groups is 1. The lowest BCUT2D eigenvalue weighted by molar-refractivity contribution is -0.117. The number of carbonyl (C=O) groups excluding carboxylic acids is 1. The normalized spacial score (nSPS) is 17.0. The van der Waals surface area contributed by atoms with Crippen LogP contribution in [0.15, 0.2) is 36.7 Å². The van der Waals surface area contributed by atoms with Crippen LogP contribution in [-0.2, 0) is 11.3 Å². The van der Waals surface area contributed by atoms with E-state index in [0.717, 1.165) is 43.3 Å². The fourth-order valence-electron chi connectivity index (χ4n) is 3.15. The molecule has 26 heavy (non-hydrogen) atoms. The van der Waals surface area contributed by atoms with Crippen molar-refractivity contribution in [3.05, 3.63) is 47.5 Å². The third-order valence-corrected chi connectivity index (χ3v) is 4.72. The molecule has 1 N–H and O–H groups in total. The Bertz CT molecular complexity index is 803. The summed E-state index contributed by atoms with van der Waals surface area (Å²) in [7, 11) is 1.65. The van der Waals surface area contributed by atoms with Gasteiger partial charge in [-0.15, -0.1) is 0 Å². The number of imidazole rings is 1. The van der Waals surface area contributed by atoms with Crippen molar-refractivity contribution in [1.82, 2.24) is 14.9 Å². The van der Waals surface area contributed by atoms with E-state index in [9.17, 15) is 4.79 Å². The number of methoxy groups -OCH3 is 1. The number of ether oxygens (including phenoxy) is 1. The molecule has 6 nitrogen and oxygen atoms in total. The zero-order chi connectivity index (χ0) is 18.5. The van der Waals surface area contributed by atoms with Crippen LogP contribution in [0.4, 0.5) is 5.69 Å². The summed E-state index contributed by atoms with van der Waals surface area (Å²) in [4.78, 5) is 18.6. The molecule has 0 radical (unpaired) electrons. The summed E-state index contributed by atoms with van der Waals surface area (Å²) in [6.45, 7) is 4.42. The Labute approximate surface area is 158 Å². The van der Waals surface area contributed by atoms with Gasteiger partial charge in [0.15, 0.2) is 0 Å². The van der Waals surface area contributed by atoms with Gasteiger partial charge < -0.3 is 19.5 Å². The second kappa shape index (κ2) is 8.27. The van der Waals surface area contributed by atoms with E-state index in [1.807, 2.05) is 35.9 Å². The van der Waals surface area contributed by atoms with Gasteiger partial charge in [-0.2, -0.15) is 0 Å². The van der Waals surface area contributed by atoms with Gasteiger partial charge >= 0.3 is 0 Å². The molecule has 0 spiro atoms. The molecule has 1 aliphatic rings. The summed E-state index contributed by atoms with van der Waals surface area (Å²) in [5, 5.41) is 3.72. The first-order chi connectivity index (χ1) is 12.6. The molecule has 138 valence electrons. The molecule has 1 aromatic heterocycles. The summed E-state index contributed by atoms with van der Waals surface area (Å²) >= 11 is 6.12. The highest BCUT2D eigenvalue weighted by Gasteiger charge is 2.25. The summed E-state index contributed by atoms with van der Waals surface area (Å²) in [6, 6.07) is 5.66. The number of halogens is 1. The van der Waals surface area contributed by atoms with E-state index in [-0.39, 0.29) is 11.9 Å². The molecule has 7 heteroatoms. The molecular formula is C19H23ClN4O2. The van der Waals surface area contributed by atoms with Gasteiger partial charge in [-0.3, -0.25) is 4.79 Å². The minimum absolute atomic E-state index is 0.0850. The van der Waals surface area contributed by atoms with Gasteiger partial charge in [-0.05, 0) is 37.6 Å². The monoisotopic (exact) mass is 374 g/mol. The average molecular weight is 375 g/mol. The summed E-state index contributed by atoms with van der Waals surface area (Å²) in [6.07, 6.45) is 7.78. The van der Waals surface area contributed by atoms with Crippen LogP contribution in [0, 0.1) is 0 Å². The Morgan fingerprint density at radius 1 is 1.50 bits per heavy atom. The number of rotatable bonds is 6. The Hall–Kier alpha value is -2.47. The van der Waals surface area contributed by atoms with E-state index in [1.165, 1.54) is 6.08 Å². The molecule has 1 unspecified atom stereocenters. The standard InChI is InChI=1S/C19H23ClN4O2/c1-3-23-11-9-21-18(23)6-7-19(25)22-15-8-10-24(13-15)16-12-14(20)4-5-17(16)26-2/h4-7,9,11-12,15H,3,8,10,13H2,1-2H3,(H,22,25)/b7-6+. The molecular weight excluding hydrogens is 352 g/mol. The van der Waals surface area contributed by atoms with Crippen LogP contribution in [0.5, 0.6) is 5.75 Å². The fraction of sp³-hybridized carbons (Fsp3) is 0.368. The number of amides is 1. The van der Waals surface area contributed by atoms with E-state index >= 15 is 0 Å². The first-order valence-electron chi connectivity index (χ1n) is 8.69. The zero-order valence-electron chi connectivity index (χ0n) is 15.0. The largest absolute Gasteiger partial charge is 0.495 e. The Balaban J connectivity index is 1.59. The minimum Gasteiger partial charge on any atom is -0.495 e. The predicted molar refractivity (Wildman–Crippen MR) is 104 cm³/mol. The smallest absolute Gasteiger partial charge is 0.244 e. The number of aromatic nitrogens is 2. The molecule has 1 amide bonds. The van der Waals surface area contributed by atoms with Crippen molar-refractivity contribution in [3.63, 3.8) is 0 Å². The summed E-state index contributed by atoms with van der Waals surface area (Å²) in [5.41, 5.74) is 0.956. The van der Waals surface area contributed by atoms with E-state index in [1.54, 1.807) is 19.4 Å². The lowest BCUT2D eigenvalue weighted by atomic mass is 10.2. The highest BCUT2D eigenvalue weighted by Crippen LogP contribution is 2.33. The third-order valence-electron chi connectivity index (χ3n) is 4.49. The molecule has 1 aliphatic heterocycles. The summed E-state index contributed by atoms with van der Waals surface area (Å²) in [5.74, 6) is 1.45. The van der Waals surface area contributed by atoms with Crippen molar-refractivity contribution < 1.29 is 9.53 Å². The van der Waals surface area contributed by atoms with Gasteiger partial charge in [0.25, 0.3) is 0 Å². The molecule has 0 bridgehead atoms. The first kappa shape index (κ1) is 18.3. The van der Waals surface area contributed by atoms with E-state index < -0.39 is 0 Å². The highest BCUT2D eigenvalue weighted by atomic mass is 35.5. The van der Waals surface area contributed by atoms with Gasteiger partial charge in [0.05, 0.1) is 12.8 Å². The van der Waals surface area contributed by atoms with Crippen LogP contribution in [-0.4, -0.2) is 41.7 Å². The predicted octanol–water partition coefficient (Wildman–Crippen LogP) is 2.97. The second-order valence-corrected chi connectivity index (χ2v) is 6.60. The van der Waals surface area contributed by atoms with Crippen molar-refractivity contribution in [3.8, 4) is 5.75 Å². The molecule has 1 aromatic carbocycles. The molecule has 1 saturated heterocycles. The number of nitrogens with one attached hydrogen (secondary N) is 1. The van der Waals surface area contributed by atoms with Crippen LogP contribution < -0.4 is 15.0 Å². The average Bonchev–Trinajstić information content (AvgIpc) is 3.28. The number of anilines is 1. The molecule has 2 heterocycles. The van der Waals surface area contributed by atoms with Gasteiger partial charge in [-0.25, -0.2) is 4.98 Å². The van der Waals surface area contributed by atoms with Crippen molar-refractivity contribution >= 4 is 29.3 Å². The van der Waals surface area contributed by atoms with Crippen molar-refractivity contribution in [2.45, 2.75) is 25.9 Å². The quantitative estimate of drug-likeness (QED) is 0.790. The number of aryl methyl sites for hydroxylation is 1. The van der Waals surface area contributed by atoms with Gasteiger partial charge in [0, 0.05) is 49.2 Å². The summed E-state index contributed by atoms with van der Waals surface area (Å²) < 4.78 is 7.40. The van der Waals surface area contributed by atoms with Crippen LogP contribution >= 0.6 is 11.6 Å². The van der Waals surface area contributed by atoms with Crippen molar-refractivity contribution in [2.75, 3.05) is 25.1 Å². The van der Waals surface area contributed by atoms with E-state index in [2.05, 4.69) is 15.2 Å². The third kappa shape index (κ3) is 4.19. The first-order valence-corrected chi connectivity index (χ1v) is 9.06. The number of nitrogens with zero attached hydrogens (tertiary/aromatic N) is 3. The zero-order valence-corrected chi connectivity index (χ0v) is 15.7. The Morgan fingerprint density at radius 3 is 3.12 bits per heavy atom. The van der Waals surface area contributed by atoms with Crippen LogP contribution in [0.1, 0.15) is 19.2 Å². The van der Waals surface area contributed by atoms with Crippen molar-refractivity contribution in [1.29, 1.82) is 0 Å². The molecule has 0 saturated carbocycles. The topological polar surface area (TPSA) is 59.4 Å². The second-order valence-electron chi connectivity index (χ2n) is 6.16. The lowest BCUT2D eigenvalue weighted by Gasteiger charge is -2.21. The highest BCUT2D eigenvalue weighted by molar-refractivity contribution is 6.30. The van der Waals surface area contributed by atoms with Gasteiger partial charge in [0.2, 0.25) is 5.91 Å². The molecule has 0 aliphatic carbocycles. The molecule has 1 atom stereocenters. The molecule has 2 aromatic rings. The maximum Gasteiger partial charge on any atom is 0.244 e. The fourth-order valence-corrected chi connectivity index (χ4v) is 3.32. The number of hydrogen-bond acceptors (Lipinski definition) is 4. The maximum absolute atomic E-state index is 12.2. The van der Waals surface area contributed by atoms with Crippen LogP contribution in [0.2, 0.25) is 5.02 Å².